The van der Waals surface area contributed by atoms with Crippen LogP contribution in [0.25, 0.3) is 11.0 Å². The third-order valence-corrected chi connectivity index (χ3v) is 5.09. The van der Waals surface area contributed by atoms with Crippen molar-refractivity contribution in [2.24, 2.45) is 7.05 Å². The van der Waals surface area contributed by atoms with Crippen LogP contribution < -0.4 is 10.1 Å². The van der Waals surface area contributed by atoms with Gasteiger partial charge in [-0.25, -0.2) is 4.98 Å². The maximum Gasteiger partial charge on any atom is 0.208 e. The highest BCUT2D eigenvalue weighted by Gasteiger charge is 2.13. The van der Waals surface area contributed by atoms with Crippen molar-refractivity contribution in [2.75, 3.05) is 5.32 Å². The number of imidazole rings is 1. The summed E-state index contributed by atoms with van der Waals surface area (Å²) in [6.45, 7) is 0. The summed E-state index contributed by atoms with van der Waals surface area (Å²) in [6.07, 6.45) is 7.05. The van der Waals surface area contributed by atoms with Crippen LogP contribution in [-0.2, 0) is 19.9 Å². The van der Waals surface area contributed by atoms with Crippen molar-refractivity contribution in [1.29, 1.82) is 0 Å². The number of pyridine rings is 1. The molecule has 2 aromatic heterocycles. The van der Waals surface area contributed by atoms with Gasteiger partial charge >= 0.3 is 0 Å². The van der Waals surface area contributed by atoms with Crippen molar-refractivity contribution in [1.82, 2.24) is 14.5 Å². The molecule has 5 nitrogen and oxygen atoms in total. The van der Waals surface area contributed by atoms with E-state index >= 15 is 0 Å². The maximum atomic E-state index is 5.89. The fourth-order valence-electron chi connectivity index (χ4n) is 3.68. The van der Waals surface area contributed by atoms with Gasteiger partial charge < -0.3 is 14.6 Å². The average molecular weight is 356 g/mol. The van der Waals surface area contributed by atoms with E-state index in [-0.39, 0.29) is 0 Å². The van der Waals surface area contributed by atoms with Crippen molar-refractivity contribution in [3.8, 4) is 11.5 Å². The third-order valence-electron chi connectivity index (χ3n) is 5.09. The Balaban J connectivity index is 1.44. The zero-order chi connectivity index (χ0) is 18.2. The molecule has 0 spiro atoms. The summed E-state index contributed by atoms with van der Waals surface area (Å²) in [7, 11) is 2.02. The molecule has 2 aromatic carbocycles. The van der Waals surface area contributed by atoms with Gasteiger partial charge in [-0.05, 0) is 66.8 Å². The molecule has 27 heavy (non-hydrogen) atoms. The van der Waals surface area contributed by atoms with Crippen LogP contribution in [0.1, 0.15) is 17.5 Å². The molecule has 0 fully saturated rings. The summed E-state index contributed by atoms with van der Waals surface area (Å²) < 4.78 is 7.96. The van der Waals surface area contributed by atoms with Crippen molar-refractivity contribution in [3.63, 3.8) is 0 Å². The van der Waals surface area contributed by atoms with Crippen LogP contribution in [0.4, 0.5) is 11.6 Å². The molecular formula is C22H20N4O. The number of aryl methyl sites for hydroxylation is 3. The van der Waals surface area contributed by atoms with Gasteiger partial charge in [0.1, 0.15) is 11.5 Å². The Morgan fingerprint density at radius 2 is 1.78 bits per heavy atom. The Kier molecular flexibility index (Phi) is 3.78. The molecule has 1 aliphatic rings. The standard InChI is InChI=1S/C22H20N4O/c1-26-21-8-7-19(27-18-9-11-23-12-10-18)14-20(21)25-22(26)24-17-6-5-15-3-2-4-16(15)13-17/h5-14H,2-4H2,1H3,(H,24,25). The first-order chi connectivity index (χ1) is 13.3. The number of hydrogen-bond donors (Lipinski definition) is 1. The van der Waals surface area contributed by atoms with E-state index in [2.05, 4.69) is 33.1 Å². The second kappa shape index (κ2) is 6.43. The zero-order valence-electron chi connectivity index (χ0n) is 15.1. The predicted molar refractivity (Wildman–Crippen MR) is 107 cm³/mol. The Morgan fingerprint density at radius 3 is 2.67 bits per heavy atom. The van der Waals surface area contributed by atoms with Gasteiger partial charge in [-0.15, -0.1) is 0 Å². The smallest absolute Gasteiger partial charge is 0.208 e. The van der Waals surface area contributed by atoms with Gasteiger partial charge in [0, 0.05) is 31.2 Å². The van der Waals surface area contributed by atoms with E-state index in [1.54, 1.807) is 12.4 Å². The lowest BCUT2D eigenvalue weighted by molar-refractivity contribution is 0.482. The van der Waals surface area contributed by atoms with Crippen molar-refractivity contribution < 1.29 is 4.74 Å². The largest absolute Gasteiger partial charge is 0.457 e. The SMILES string of the molecule is Cn1c(Nc2ccc3c(c2)CCC3)nc2cc(Oc3ccncc3)ccc21. The Labute approximate surface area is 157 Å². The Morgan fingerprint density at radius 1 is 0.926 bits per heavy atom. The summed E-state index contributed by atoms with van der Waals surface area (Å²) >= 11 is 0. The van der Waals surface area contributed by atoms with E-state index in [1.807, 2.05) is 37.4 Å². The number of nitrogens with one attached hydrogen (secondary N) is 1. The van der Waals surface area contributed by atoms with Gasteiger partial charge in [0.05, 0.1) is 11.0 Å². The monoisotopic (exact) mass is 356 g/mol. The van der Waals surface area contributed by atoms with Crippen molar-refractivity contribution in [3.05, 3.63) is 72.1 Å². The molecule has 0 unspecified atom stereocenters. The first kappa shape index (κ1) is 15.9. The molecule has 5 heteroatoms. The summed E-state index contributed by atoms with van der Waals surface area (Å²) in [5, 5.41) is 3.46. The number of anilines is 2. The first-order valence-corrected chi connectivity index (χ1v) is 9.19. The fraction of sp³-hybridized carbons (Fsp3) is 0.182. The summed E-state index contributed by atoms with van der Waals surface area (Å²) in [6, 6.07) is 16.3. The Bertz CT molecular complexity index is 1120. The lowest BCUT2D eigenvalue weighted by Crippen LogP contribution is -1.99. The lowest BCUT2D eigenvalue weighted by Gasteiger charge is -2.08. The van der Waals surface area contributed by atoms with Gasteiger partial charge in [0.15, 0.2) is 0 Å². The molecule has 0 atom stereocenters. The molecule has 1 N–H and O–H groups in total. The van der Waals surface area contributed by atoms with E-state index in [0.29, 0.717) is 0 Å². The van der Waals surface area contributed by atoms with Crippen LogP contribution in [0.2, 0.25) is 0 Å². The number of hydrogen-bond acceptors (Lipinski definition) is 4. The van der Waals surface area contributed by atoms with Crippen LogP contribution in [0.3, 0.4) is 0 Å². The average Bonchev–Trinajstić information content (AvgIpc) is 3.27. The van der Waals surface area contributed by atoms with Gasteiger partial charge in [0.25, 0.3) is 0 Å². The topological polar surface area (TPSA) is 52.0 Å². The molecule has 0 aliphatic heterocycles. The number of rotatable bonds is 4. The molecular weight excluding hydrogens is 336 g/mol. The Hall–Kier alpha value is -3.34. The van der Waals surface area contributed by atoms with E-state index in [1.165, 1.54) is 30.4 Å². The van der Waals surface area contributed by atoms with E-state index in [0.717, 1.165) is 34.2 Å². The number of fused-ring (bicyclic) bond motifs is 2. The first-order valence-electron chi connectivity index (χ1n) is 9.19. The molecule has 0 saturated carbocycles. The van der Waals surface area contributed by atoms with Crippen LogP contribution in [0.5, 0.6) is 11.5 Å². The molecule has 134 valence electrons. The second-order valence-electron chi connectivity index (χ2n) is 6.89. The minimum absolute atomic E-state index is 0.760. The predicted octanol–water partition coefficient (Wildman–Crippen LogP) is 4.99. The molecule has 0 bridgehead atoms. The summed E-state index contributed by atoms with van der Waals surface area (Å²) in [5.41, 5.74) is 5.96. The van der Waals surface area contributed by atoms with Crippen molar-refractivity contribution >= 4 is 22.7 Å². The highest BCUT2D eigenvalue weighted by atomic mass is 16.5. The minimum Gasteiger partial charge on any atom is -0.457 e. The molecule has 2 heterocycles. The van der Waals surface area contributed by atoms with Crippen LogP contribution in [0.15, 0.2) is 60.9 Å². The lowest BCUT2D eigenvalue weighted by atomic mass is 10.1. The third kappa shape index (κ3) is 3.01. The molecule has 4 aromatic rings. The summed E-state index contributed by atoms with van der Waals surface area (Å²) in [4.78, 5) is 8.77. The fourth-order valence-corrected chi connectivity index (χ4v) is 3.68. The second-order valence-corrected chi connectivity index (χ2v) is 6.89. The van der Waals surface area contributed by atoms with E-state index in [9.17, 15) is 0 Å². The zero-order valence-corrected chi connectivity index (χ0v) is 15.1. The minimum atomic E-state index is 0.760. The van der Waals surface area contributed by atoms with Gasteiger partial charge in [-0.2, -0.15) is 0 Å². The highest BCUT2D eigenvalue weighted by Crippen LogP contribution is 2.29. The molecule has 0 amide bonds. The molecule has 0 radical (unpaired) electrons. The number of aromatic nitrogens is 3. The molecule has 5 rings (SSSR count). The van der Waals surface area contributed by atoms with Crippen molar-refractivity contribution in [2.45, 2.75) is 19.3 Å². The van der Waals surface area contributed by atoms with Crippen LogP contribution in [0, 0.1) is 0 Å². The van der Waals surface area contributed by atoms with Crippen LogP contribution in [-0.4, -0.2) is 14.5 Å². The highest BCUT2D eigenvalue weighted by molar-refractivity contribution is 5.81. The van der Waals surface area contributed by atoms with Gasteiger partial charge in [-0.1, -0.05) is 6.07 Å². The summed E-state index contributed by atoms with van der Waals surface area (Å²) in [5.74, 6) is 2.34. The van der Waals surface area contributed by atoms with Gasteiger partial charge in [-0.3, -0.25) is 4.98 Å². The molecule has 0 saturated heterocycles. The van der Waals surface area contributed by atoms with E-state index in [4.69, 9.17) is 9.72 Å². The number of benzene rings is 2. The maximum absolute atomic E-state index is 5.89. The van der Waals surface area contributed by atoms with Crippen LogP contribution >= 0.6 is 0 Å². The quantitative estimate of drug-likeness (QED) is 0.559. The van der Waals surface area contributed by atoms with Gasteiger partial charge in [0.2, 0.25) is 5.95 Å². The number of nitrogens with zero attached hydrogens (tertiary/aromatic N) is 3. The number of ether oxygens (including phenoxy) is 1. The van der Waals surface area contributed by atoms with E-state index < -0.39 is 0 Å². The normalized spacial score (nSPS) is 12.9. The molecule has 1 aliphatic carbocycles.